The maximum absolute atomic E-state index is 13.9. The number of ketones is 1. The van der Waals surface area contributed by atoms with E-state index in [9.17, 15) is 9.18 Å². The zero-order chi connectivity index (χ0) is 13.3. The number of benzene rings is 1. The van der Waals surface area contributed by atoms with E-state index in [-0.39, 0.29) is 10.6 Å². The number of halogens is 3. The molecule has 2 aromatic rings. The van der Waals surface area contributed by atoms with E-state index >= 15 is 0 Å². The lowest BCUT2D eigenvalue weighted by Gasteiger charge is -2.05. The predicted molar refractivity (Wildman–Crippen MR) is 71.5 cm³/mol. The molecule has 1 aromatic carbocycles. The Hall–Kier alpha value is -1.26. The van der Waals surface area contributed by atoms with Gasteiger partial charge in [-0.05, 0) is 47.1 Å². The third-order valence-electron chi connectivity index (χ3n) is 2.45. The third kappa shape index (κ3) is 2.44. The van der Waals surface area contributed by atoms with Gasteiger partial charge < -0.3 is 0 Å². The largest absolute Gasteiger partial charge is 0.288 e. The number of aryl methyl sites for hydroxylation is 1. The second-order valence-electron chi connectivity index (χ2n) is 3.74. The van der Waals surface area contributed by atoms with Gasteiger partial charge in [-0.3, -0.25) is 9.78 Å². The lowest BCUT2D eigenvalue weighted by Crippen LogP contribution is -2.05. The minimum Gasteiger partial charge on any atom is -0.288 e. The molecule has 0 unspecified atom stereocenters. The van der Waals surface area contributed by atoms with Crippen molar-refractivity contribution < 1.29 is 9.18 Å². The Bertz CT molecular complexity index is 613. The first-order chi connectivity index (χ1) is 8.50. The summed E-state index contributed by atoms with van der Waals surface area (Å²) in [5.41, 5.74) is 1.06. The average Bonchev–Trinajstić information content (AvgIpc) is 2.36. The number of pyridine rings is 1. The predicted octanol–water partition coefficient (Wildman–Crippen LogP) is 4.18. The minimum absolute atomic E-state index is 0.0612. The van der Waals surface area contributed by atoms with Crippen molar-refractivity contribution in [3.05, 3.63) is 62.6 Å². The van der Waals surface area contributed by atoms with Gasteiger partial charge in [0, 0.05) is 21.9 Å². The molecular weight excluding hydrogens is 321 g/mol. The lowest BCUT2D eigenvalue weighted by atomic mass is 10.0. The maximum Gasteiger partial charge on any atom is 0.197 e. The third-order valence-corrected chi connectivity index (χ3v) is 3.71. The molecule has 0 aliphatic heterocycles. The van der Waals surface area contributed by atoms with Gasteiger partial charge in [0.25, 0.3) is 0 Å². The second kappa shape index (κ2) is 5.16. The molecule has 0 atom stereocenters. The highest BCUT2D eigenvalue weighted by molar-refractivity contribution is 9.10. The van der Waals surface area contributed by atoms with E-state index in [2.05, 4.69) is 20.9 Å². The molecule has 2 rings (SSSR count). The molecule has 5 heteroatoms. The van der Waals surface area contributed by atoms with Crippen molar-refractivity contribution in [3.63, 3.8) is 0 Å². The fourth-order valence-electron chi connectivity index (χ4n) is 1.46. The summed E-state index contributed by atoms with van der Waals surface area (Å²) in [5, 5.41) is -0.0964. The van der Waals surface area contributed by atoms with Crippen molar-refractivity contribution in [2.45, 2.75) is 6.92 Å². The molecule has 2 nitrogen and oxygen atoms in total. The van der Waals surface area contributed by atoms with Crippen LogP contribution in [0.1, 0.15) is 21.6 Å². The van der Waals surface area contributed by atoms with Gasteiger partial charge >= 0.3 is 0 Å². The van der Waals surface area contributed by atoms with Crippen LogP contribution in [0.15, 0.2) is 34.9 Å². The van der Waals surface area contributed by atoms with Gasteiger partial charge in [-0.25, -0.2) is 4.39 Å². The average molecular weight is 329 g/mol. The SMILES string of the molecule is Cc1ccc(C(=O)c2ccc(Br)c(Cl)c2F)cn1. The first-order valence-electron chi connectivity index (χ1n) is 5.11. The summed E-state index contributed by atoms with van der Waals surface area (Å²) in [5.74, 6) is -1.16. The summed E-state index contributed by atoms with van der Waals surface area (Å²) in [7, 11) is 0. The zero-order valence-corrected chi connectivity index (χ0v) is 11.7. The van der Waals surface area contributed by atoms with E-state index in [0.29, 0.717) is 10.0 Å². The van der Waals surface area contributed by atoms with Crippen LogP contribution in [0.3, 0.4) is 0 Å². The molecule has 0 radical (unpaired) electrons. The van der Waals surface area contributed by atoms with Gasteiger partial charge in [0.15, 0.2) is 11.6 Å². The zero-order valence-electron chi connectivity index (χ0n) is 9.38. The standard InChI is InChI=1S/C13H8BrClFNO/c1-7-2-3-8(6-17-7)13(18)9-4-5-10(14)11(15)12(9)16/h2-6H,1H3. The van der Waals surface area contributed by atoms with Crippen molar-refractivity contribution in [2.75, 3.05) is 0 Å². The number of rotatable bonds is 2. The smallest absolute Gasteiger partial charge is 0.197 e. The van der Waals surface area contributed by atoms with Gasteiger partial charge in [-0.15, -0.1) is 0 Å². The highest BCUT2D eigenvalue weighted by Crippen LogP contribution is 2.28. The number of hydrogen-bond acceptors (Lipinski definition) is 2. The molecule has 0 aliphatic carbocycles. The Kier molecular flexibility index (Phi) is 3.78. The van der Waals surface area contributed by atoms with Crippen LogP contribution in [0.25, 0.3) is 0 Å². The van der Waals surface area contributed by atoms with Gasteiger partial charge in [0.1, 0.15) is 0 Å². The summed E-state index contributed by atoms with van der Waals surface area (Å²) >= 11 is 8.85. The number of nitrogens with zero attached hydrogens (tertiary/aromatic N) is 1. The molecule has 18 heavy (non-hydrogen) atoms. The minimum atomic E-state index is -0.725. The van der Waals surface area contributed by atoms with Crippen LogP contribution in [-0.2, 0) is 0 Å². The van der Waals surface area contributed by atoms with Gasteiger partial charge in [-0.2, -0.15) is 0 Å². The molecule has 0 fully saturated rings. The Morgan fingerprint density at radius 3 is 2.67 bits per heavy atom. The Balaban J connectivity index is 2.46. The van der Waals surface area contributed by atoms with Gasteiger partial charge in [0.2, 0.25) is 0 Å². The Morgan fingerprint density at radius 2 is 2.06 bits per heavy atom. The van der Waals surface area contributed by atoms with Crippen molar-refractivity contribution in [1.29, 1.82) is 0 Å². The van der Waals surface area contributed by atoms with E-state index in [1.807, 2.05) is 6.92 Å². The van der Waals surface area contributed by atoms with Crippen LogP contribution in [0.4, 0.5) is 4.39 Å². The molecule has 0 N–H and O–H groups in total. The molecular formula is C13H8BrClFNO. The molecule has 0 aliphatic rings. The fraction of sp³-hybridized carbons (Fsp3) is 0.0769. The van der Waals surface area contributed by atoms with E-state index < -0.39 is 11.6 Å². The maximum atomic E-state index is 13.9. The summed E-state index contributed by atoms with van der Waals surface area (Å²) in [6.45, 7) is 1.81. The van der Waals surface area contributed by atoms with Crippen LogP contribution in [0, 0.1) is 12.7 Å². The van der Waals surface area contributed by atoms with Crippen molar-refractivity contribution in [3.8, 4) is 0 Å². The monoisotopic (exact) mass is 327 g/mol. The molecule has 0 bridgehead atoms. The number of carbonyl (C=O) groups excluding carboxylic acids is 1. The number of carbonyl (C=O) groups is 1. The highest BCUT2D eigenvalue weighted by Gasteiger charge is 2.18. The molecule has 1 heterocycles. The second-order valence-corrected chi connectivity index (χ2v) is 4.97. The van der Waals surface area contributed by atoms with E-state index in [0.717, 1.165) is 5.69 Å². The summed E-state index contributed by atoms with van der Waals surface area (Å²) in [6.07, 6.45) is 1.42. The fourth-order valence-corrected chi connectivity index (χ4v) is 1.93. The molecule has 0 amide bonds. The van der Waals surface area contributed by atoms with Crippen LogP contribution >= 0.6 is 27.5 Å². The van der Waals surface area contributed by atoms with Gasteiger partial charge in [0.05, 0.1) is 10.6 Å². The van der Waals surface area contributed by atoms with Crippen molar-refractivity contribution >= 4 is 33.3 Å². The van der Waals surface area contributed by atoms with Gasteiger partial charge in [-0.1, -0.05) is 11.6 Å². The number of aromatic nitrogens is 1. The molecule has 1 aromatic heterocycles. The normalized spacial score (nSPS) is 10.4. The summed E-state index contributed by atoms with van der Waals surface area (Å²) < 4.78 is 14.3. The molecule has 0 saturated carbocycles. The number of hydrogen-bond donors (Lipinski definition) is 0. The van der Waals surface area contributed by atoms with E-state index in [1.165, 1.54) is 12.3 Å². The first kappa shape index (κ1) is 13.2. The Morgan fingerprint density at radius 1 is 1.33 bits per heavy atom. The van der Waals surface area contributed by atoms with Crippen molar-refractivity contribution in [1.82, 2.24) is 4.98 Å². The van der Waals surface area contributed by atoms with Crippen molar-refractivity contribution in [2.24, 2.45) is 0 Å². The topological polar surface area (TPSA) is 30.0 Å². The highest BCUT2D eigenvalue weighted by atomic mass is 79.9. The summed E-state index contributed by atoms with van der Waals surface area (Å²) in [4.78, 5) is 16.1. The Labute approximate surface area is 117 Å². The summed E-state index contributed by atoms with van der Waals surface area (Å²) in [6, 6.07) is 6.25. The molecule has 0 saturated heterocycles. The molecule has 92 valence electrons. The molecule has 0 spiro atoms. The van der Waals surface area contributed by atoms with E-state index in [1.54, 1.807) is 18.2 Å². The quantitative estimate of drug-likeness (QED) is 0.611. The van der Waals surface area contributed by atoms with Crippen LogP contribution < -0.4 is 0 Å². The van der Waals surface area contributed by atoms with Crippen LogP contribution in [0.5, 0.6) is 0 Å². The lowest BCUT2D eigenvalue weighted by molar-refractivity contribution is 0.103. The van der Waals surface area contributed by atoms with Crippen LogP contribution in [0.2, 0.25) is 5.02 Å². The first-order valence-corrected chi connectivity index (χ1v) is 6.28. The van der Waals surface area contributed by atoms with E-state index in [4.69, 9.17) is 11.6 Å². The van der Waals surface area contributed by atoms with Crippen LogP contribution in [-0.4, -0.2) is 10.8 Å².